The summed E-state index contributed by atoms with van der Waals surface area (Å²) in [7, 11) is 0. The maximum absolute atomic E-state index is 13.9. The molecule has 1 saturated heterocycles. The van der Waals surface area contributed by atoms with E-state index in [2.05, 4.69) is 5.32 Å². The van der Waals surface area contributed by atoms with E-state index >= 15 is 0 Å². The largest absolute Gasteiger partial charge is 0.352 e. The number of carbonyl (C=O) groups is 4. The number of hydrogen-bond acceptors (Lipinski definition) is 4. The number of nitrogens with one attached hydrogen (secondary N) is 1. The van der Waals surface area contributed by atoms with Gasteiger partial charge in [-0.15, -0.1) is 0 Å². The van der Waals surface area contributed by atoms with Crippen LogP contribution in [0.1, 0.15) is 50.7 Å². The van der Waals surface area contributed by atoms with Gasteiger partial charge in [0.1, 0.15) is 6.04 Å². The summed E-state index contributed by atoms with van der Waals surface area (Å²) in [5.41, 5.74) is 1.41. The van der Waals surface area contributed by atoms with Crippen molar-refractivity contribution in [3.05, 3.63) is 81.9 Å². The molecule has 0 bridgehead atoms. The molecule has 0 radical (unpaired) electrons. The number of nitrogens with zero attached hydrogens (tertiary/aromatic N) is 2. The van der Waals surface area contributed by atoms with Crippen molar-refractivity contribution in [1.29, 1.82) is 0 Å². The highest BCUT2D eigenvalue weighted by molar-refractivity contribution is 6.36. The number of allylic oxidation sites excluding steroid dienone is 2. The number of carbonyl (C=O) groups excluding carboxylic acids is 4. The summed E-state index contributed by atoms with van der Waals surface area (Å²) in [6, 6.07) is 13.6. The van der Waals surface area contributed by atoms with Gasteiger partial charge in [0.15, 0.2) is 0 Å². The molecule has 4 atom stereocenters. The second-order valence-corrected chi connectivity index (χ2v) is 11.3. The van der Waals surface area contributed by atoms with Crippen LogP contribution in [0, 0.1) is 11.8 Å². The first-order valence-corrected chi connectivity index (χ1v) is 14.5. The summed E-state index contributed by atoms with van der Waals surface area (Å²) in [6.07, 6.45) is 5.81. The Kier molecular flexibility index (Phi) is 10.0. The standard InChI is InChI=1S/C31H35Cl2N3O4/c1-3-20(2)34-29(38)27(18-21-10-5-4-6-11-21)36(19-24-25(32)14-9-15-26(24)33)28(37)16-17-35-30(39)22-12-7-8-13-23(22)31(35)40/h4-11,14-15,20,22-23,27H,3,12-13,16-19H2,1-2H3,(H,34,38)/t20?,22-,23+,27?. The van der Waals surface area contributed by atoms with Gasteiger partial charge in [0.25, 0.3) is 0 Å². The maximum Gasteiger partial charge on any atom is 0.243 e. The molecule has 1 aliphatic heterocycles. The molecule has 7 nitrogen and oxygen atoms in total. The van der Waals surface area contributed by atoms with Gasteiger partial charge in [-0.25, -0.2) is 0 Å². The molecule has 40 heavy (non-hydrogen) atoms. The van der Waals surface area contributed by atoms with Gasteiger partial charge in [-0.05, 0) is 43.9 Å². The van der Waals surface area contributed by atoms with E-state index in [9.17, 15) is 19.2 Å². The zero-order valence-electron chi connectivity index (χ0n) is 22.8. The first-order valence-electron chi connectivity index (χ1n) is 13.8. The molecule has 1 fully saturated rings. The van der Waals surface area contributed by atoms with Crippen molar-refractivity contribution in [1.82, 2.24) is 15.1 Å². The van der Waals surface area contributed by atoms with Crippen LogP contribution in [0.5, 0.6) is 0 Å². The summed E-state index contributed by atoms with van der Waals surface area (Å²) in [5, 5.41) is 3.78. The quantitative estimate of drug-likeness (QED) is 0.291. The van der Waals surface area contributed by atoms with E-state index in [1.807, 2.05) is 56.3 Å². The molecule has 9 heteroatoms. The van der Waals surface area contributed by atoms with Gasteiger partial charge >= 0.3 is 0 Å². The van der Waals surface area contributed by atoms with Gasteiger partial charge in [0.05, 0.1) is 11.8 Å². The van der Waals surface area contributed by atoms with Gasteiger partial charge in [-0.2, -0.15) is 0 Å². The van der Waals surface area contributed by atoms with Crippen LogP contribution in [0.2, 0.25) is 10.0 Å². The highest BCUT2D eigenvalue weighted by atomic mass is 35.5. The molecule has 2 unspecified atom stereocenters. The molecule has 212 valence electrons. The Morgan fingerprint density at radius 1 is 0.975 bits per heavy atom. The van der Waals surface area contributed by atoms with Crippen LogP contribution < -0.4 is 5.32 Å². The Balaban J connectivity index is 1.63. The first kappa shape index (κ1) is 29.8. The minimum absolute atomic E-state index is 0.000170. The Hall–Kier alpha value is -3.16. The van der Waals surface area contributed by atoms with Crippen molar-refractivity contribution in [3.63, 3.8) is 0 Å². The van der Waals surface area contributed by atoms with E-state index in [0.29, 0.717) is 28.5 Å². The molecular formula is C31H35Cl2N3O4. The molecule has 1 aliphatic carbocycles. The van der Waals surface area contributed by atoms with E-state index in [1.54, 1.807) is 18.2 Å². The van der Waals surface area contributed by atoms with Crippen molar-refractivity contribution >= 4 is 46.8 Å². The van der Waals surface area contributed by atoms with Gasteiger partial charge < -0.3 is 10.2 Å². The third-order valence-corrected chi connectivity index (χ3v) is 8.52. The summed E-state index contributed by atoms with van der Waals surface area (Å²) < 4.78 is 0. The lowest BCUT2D eigenvalue weighted by molar-refractivity contribution is -0.144. The monoisotopic (exact) mass is 583 g/mol. The second-order valence-electron chi connectivity index (χ2n) is 10.5. The number of hydrogen-bond donors (Lipinski definition) is 1. The van der Waals surface area contributed by atoms with Gasteiger partial charge in [0, 0.05) is 47.6 Å². The highest BCUT2D eigenvalue weighted by Gasteiger charge is 2.47. The predicted molar refractivity (Wildman–Crippen MR) is 156 cm³/mol. The molecule has 0 spiro atoms. The molecule has 2 aromatic rings. The van der Waals surface area contributed by atoms with Crippen molar-refractivity contribution in [3.8, 4) is 0 Å². The predicted octanol–water partition coefficient (Wildman–Crippen LogP) is 5.19. The van der Waals surface area contributed by atoms with E-state index in [1.165, 1.54) is 9.80 Å². The number of amides is 4. The average molecular weight is 585 g/mol. The summed E-state index contributed by atoms with van der Waals surface area (Å²) in [4.78, 5) is 56.3. The molecule has 4 rings (SSSR count). The molecule has 4 amide bonds. The van der Waals surface area contributed by atoms with Crippen LogP contribution in [0.15, 0.2) is 60.7 Å². The third-order valence-electron chi connectivity index (χ3n) is 7.81. The number of imide groups is 1. The maximum atomic E-state index is 13.9. The lowest BCUT2D eigenvalue weighted by atomic mass is 9.85. The third kappa shape index (κ3) is 6.76. The SMILES string of the molecule is CCC(C)NC(=O)C(Cc1ccccc1)N(Cc1c(Cl)cccc1Cl)C(=O)CCN1C(=O)[C@H]2CC=CC[C@H]2C1=O. The summed E-state index contributed by atoms with van der Waals surface area (Å²) >= 11 is 13.0. The highest BCUT2D eigenvalue weighted by Crippen LogP contribution is 2.35. The molecule has 1 N–H and O–H groups in total. The van der Waals surface area contributed by atoms with Gasteiger partial charge in [-0.1, -0.05) is 78.7 Å². The van der Waals surface area contributed by atoms with Gasteiger partial charge in [0.2, 0.25) is 23.6 Å². The Morgan fingerprint density at radius 3 is 2.15 bits per heavy atom. The van der Waals surface area contributed by atoms with Crippen LogP contribution in [0.25, 0.3) is 0 Å². The van der Waals surface area contributed by atoms with Crippen LogP contribution >= 0.6 is 23.2 Å². The van der Waals surface area contributed by atoms with E-state index in [-0.39, 0.29) is 67.4 Å². The zero-order chi connectivity index (χ0) is 28.8. The van der Waals surface area contributed by atoms with E-state index in [4.69, 9.17) is 23.2 Å². The fraction of sp³-hybridized carbons (Fsp3) is 0.419. The molecule has 0 aromatic heterocycles. The van der Waals surface area contributed by atoms with Crippen LogP contribution in [0.4, 0.5) is 0 Å². The van der Waals surface area contributed by atoms with Crippen molar-refractivity contribution in [2.75, 3.05) is 6.54 Å². The number of fused-ring (bicyclic) bond motifs is 1. The fourth-order valence-electron chi connectivity index (χ4n) is 5.29. The Labute approximate surface area is 245 Å². The Bertz CT molecular complexity index is 1240. The zero-order valence-corrected chi connectivity index (χ0v) is 24.3. The average Bonchev–Trinajstić information content (AvgIpc) is 3.20. The van der Waals surface area contributed by atoms with Crippen molar-refractivity contribution in [2.24, 2.45) is 11.8 Å². The number of rotatable bonds is 11. The normalized spacial score (nSPS) is 19.8. The topological polar surface area (TPSA) is 86.8 Å². The Morgan fingerprint density at radius 2 is 1.57 bits per heavy atom. The molecular weight excluding hydrogens is 549 g/mol. The molecule has 1 heterocycles. The first-order chi connectivity index (χ1) is 19.2. The number of likely N-dealkylation sites (tertiary alicyclic amines) is 1. The van der Waals surface area contributed by atoms with Crippen LogP contribution in [0.3, 0.4) is 0 Å². The number of benzene rings is 2. The van der Waals surface area contributed by atoms with Crippen molar-refractivity contribution < 1.29 is 19.2 Å². The smallest absolute Gasteiger partial charge is 0.243 e. The summed E-state index contributed by atoms with van der Waals surface area (Å²) in [5.74, 6) is -1.85. The van der Waals surface area contributed by atoms with Crippen LogP contribution in [-0.2, 0) is 32.1 Å². The van der Waals surface area contributed by atoms with Gasteiger partial charge in [-0.3, -0.25) is 24.1 Å². The van der Waals surface area contributed by atoms with Crippen molar-refractivity contribution in [2.45, 2.75) is 64.6 Å². The molecule has 2 aliphatic rings. The van der Waals surface area contributed by atoms with Crippen LogP contribution in [-0.4, -0.2) is 52.1 Å². The molecule has 2 aromatic carbocycles. The fourth-order valence-corrected chi connectivity index (χ4v) is 5.81. The lowest BCUT2D eigenvalue weighted by Gasteiger charge is -2.33. The minimum Gasteiger partial charge on any atom is -0.352 e. The molecule has 0 saturated carbocycles. The number of halogens is 2. The summed E-state index contributed by atoms with van der Waals surface area (Å²) in [6.45, 7) is 3.84. The minimum atomic E-state index is -0.868. The van der Waals surface area contributed by atoms with E-state index in [0.717, 1.165) is 12.0 Å². The van der Waals surface area contributed by atoms with E-state index < -0.39 is 6.04 Å². The second kappa shape index (κ2) is 13.5. The lowest BCUT2D eigenvalue weighted by Crippen LogP contribution is -2.52.